The van der Waals surface area contributed by atoms with Crippen molar-refractivity contribution in [2.24, 2.45) is 17.6 Å². The Kier molecular flexibility index (Phi) is 6.40. The van der Waals surface area contributed by atoms with Crippen LogP contribution in [0.25, 0.3) is 0 Å². The maximum absolute atomic E-state index is 10.5. The number of aliphatic hydroxyl groups excluding tert-OH is 1. The fraction of sp³-hybridized carbons (Fsp3) is 0.611. The molecule has 1 aliphatic carbocycles. The van der Waals surface area contributed by atoms with E-state index >= 15 is 0 Å². The van der Waals surface area contributed by atoms with Gasteiger partial charge in [0, 0.05) is 31.8 Å². The molecule has 2 unspecified atom stereocenters. The topological polar surface area (TPSA) is 66.6 Å². The molecule has 2 fully saturated rings. The fourth-order valence-electron chi connectivity index (χ4n) is 3.53. The van der Waals surface area contributed by atoms with Crippen molar-refractivity contribution >= 4 is 5.91 Å². The standard InChI is InChI=1S/C10H19NO.C8H9NO/c12-6-2-5-11-7-9-3-1-4-10(9)8-11;1-6-2-4-7(5-3-6)8(9)10/h9-10,12H,1-8H2;2-5H,1H3,(H2,9,10). The van der Waals surface area contributed by atoms with Crippen LogP contribution in [0.2, 0.25) is 0 Å². The monoisotopic (exact) mass is 304 g/mol. The number of aliphatic hydroxyl groups is 1. The first-order valence-electron chi connectivity index (χ1n) is 8.30. The van der Waals surface area contributed by atoms with Crippen molar-refractivity contribution in [3.05, 3.63) is 35.4 Å². The molecule has 4 nitrogen and oxygen atoms in total. The molecule has 1 aliphatic heterocycles. The zero-order valence-corrected chi connectivity index (χ0v) is 13.5. The van der Waals surface area contributed by atoms with Crippen molar-refractivity contribution in [3.63, 3.8) is 0 Å². The smallest absolute Gasteiger partial charge is 0.248 e. The number of primary amides is 1. The van der Waals surface area contributed by atoms with E-state index in [9.17, 15) is 4.79 Å². The highest BCUT2D eigenvalue weighted by atomic mass is 16.3. The van der Waals surface area contributed by atoms with Crippen LogP contribution in [-0.4, -0.2) is 42.2 Å². The molecule has 1 amide bonds. The Hall–Kier alpha value is -1.39. The van der Waals surface area contributed by atoms with E-state index in [0.29, 0.717) is 12.2 Å². The third-order valence-corrected chi connectivity index (χ3v) is 4.77. The Bertz CT molecular complexity index is 460. The third-order valence-electron chi connectivity index (χ3n) is 4.77. The van der Waals surface area contributed by atoms with Gasteiger partial charge in [0.2, 0.25) is 5.91 Å². The minimum Gasteiger partial charge on any atom is -0.396 e. The number of carbonyl (C=O) groups excluding carboxylic acids is 1. The molecule has 1 saturated heterocycles. The summed E-state index contributed by atoms with van der Waals surface area (Å²) in [7, 11) is 0. The van der Waals surface area contributed by atoms with Gasteiger partial charge in [0.1, 0.15) is 0 Å². The van der Waals surface area contributed by atoms with Gasteiger partial charge >= 0.3 is 0 Å². The molecule has 0 radical (unpaired) electrons. The lowest BCUT2D eigenvalue weighted by Gasteiger charge is -2.15. The van der Waals surface area contributed by atoms with E-state index in [0.717, 1.165) is 30.4 Å². The molecule has 2 atom stereocenters. The van der Waals surface area contributed by atoms with Gasteiger partial charge in [-0.15, -0.1) is 0 Å². The Morgan fingerprint density at radius 1 is 1.23 bits per heavy atom. The normalized spacial score (nSPS) is 23.7. The van der Waals surface area contributed by atoms with E-state index in [1.807, 2.05) is 19.1 Å². The summed E-state index contributed by atoms with van der Waals surface area (Å²) in [6, 6.07) is 7.16. The van der Waals surface area contributed by atoms with Crippen molar-refractivity contribution in [2.45, 2.75) is 32.6 Å². The SMILES string of the molecule is Cc1ccc(C(N)=O)cc1.OCCCN1CC2CCCC2C1. The van der Waals surface area contributed by atoms with Crippen LogP contribution in [0.15, 0.2) is 24.3 Å². The summed E-state index contributed by atoms with van der Waals surface area (Å²) in [6.07, 6.45) is 5.34. The van der Waals surface area contributed by atoms with E-state index in [1.165, 1.54) is 32.4 Å². The first-order chi connectivity index (χ1) is 10.6. The summed E-state index contributed by atoms with van der Waals surface area (Å²) < 4.78 is 0. The fourth-order valence-corrected chi connectivity index (χ4v) is 3.53. The third kappa shape index (κ3) is 4.82. The number of hydrogen-bond acceptors (Lipinski definition) is 3. The number of aryl methyl sites for hydroxylation is 1. The number of nitrogens with zero attached hydrogens (tertiary/aromatic N) is 1. The Balaban J connectivity index is 0.000000164. The number of benzene rings is 1. The molecule has 1 aromatic rings. The maximum Gasteiger partial charge on any atom is 0.248 e. The Morgan fingerprint density at radius 3 is 2.32 bits per heavy atom. The number of amides is 1. The highest BCUT2D eigenvalue weighted by molar-refractivity contribution is 5.92. The highest BCUT2D eigenvalue weighted by Crippen LogP contribution is 2.37. The molecule has 22 heavy (non-hydrogen) atoms. The second-order valence-corrected chi connectivity index (χ2v) is 6.52. The van der Waals surface area contributed by atoms with Gasteiger partial charge in [-0.2, -0.15) is 0 Å². The molecule has 1 heterocycles. The van der Waals surface area contributed by atoms with Crippen LogP contribution in [0, 0.1) is 18.8 Å². The van der Waals surface area contributed by atoms with E-state index in [4.69, 9.17) is 10.8 Å². The zero-order chi connectivity index (χ0) is 15.9. The maximum atomic E-state index is 10.5. The van der Waals surface area contributed by atoms with Gasteiger partial charge in [-0.05, 0) is 50.2 Å². The van der Waals surface area contributed by atoms with E-state index < -0.39 is 0 Å². The second-order valence-electron chi connectivity index (χ2n) is 6.52. The molecule has 1 saturated carbocycles. The Labute approximate surface area is 133 Å². The van der Waals surface area contributed by atoms with E-state index in [2.05, 4.69) is 4.90 Å². The molecule has 3 N–H and O–H groups in total. The second kappa shape index (κ2) is 8.30. The van der Waals surface area contributed by atoms with Crippen LogP contribution in [0.1, 0.15) is 41.6 Å². The van der Waals surface area contributed by atoms with Crippen LogP contribution >= 0.6 is 0 Å². The number of hydrogen-bond donors (Lipinski definition) is 2. The highest BCUT2D eigenvalue weighted by Gasteiger charge is 2.35. The van der Waals surface area contributed by atoms with Gasteiger partial charge in [0.15, 0.2) is 0 Å². The molecule has 0 aromatic heterocycles. The van der Waals surface area contributed by atoms with Crippen molar-refractivity contribution in [1.82, 2.24) is 4.90 Å². The van der Waals surface area contributed by atoms with Crippen molar-refractivity contribution in [2.75, 3.05) is 26.2 Å². The van der Waals surface area contributed by atoms with E-state index in [1.54, 1.807) is 12.1 Å². The van der Waals surface area contributed by atoms with Crippen molar-refractivity contribution < 1.29 is 9.90 Å². The van der Waals surface area contributed by atoms with Gasteiger partial charge in [-0.1, -0.05) is 24.1 Å². The number of rotatable bonds is 4. The summed E-state index contributed by atoms with van der Waals surface area (Å²) in [4.78, 5) is 13.1. The van der Waals surface area contributed by atoms with Crippen LogP contribution in [0.3, 0.4) is 0 Å². The lowest BCUT2D eigenvalue weighted by molar-refractivity contribution is 0.100. The zero-order valence-electron chi connectivity index (χ0n) is 13.5. The van der Waals surface area contributed by atoms with Gasteiger partial charge in [-0.3, -0.25) is 4.79 Å². The first-order valence-corrected chi connectivity index (χ1v) is 8.30. The molecule has 4 heteroatoms. The molecule has 0 spiro atoms. The van der Waals surface area contributed by atoms with Gasteiger partial charge in [-0.25, -0.2) is 0 Å². The summed E-state index contributed by atoms with van der Waals surface area (Å²) in [5, 5.41) is 8.70. The quantitative estimate of drug-likeness (QED) is 0.896. The summed E-state index contributed by atoms with van der Waals surface area (Å²) in [5.41, 5.74) is 6.72. The van der Waals surface area contributed by atoms with Crippen LogP contribution in [0.4, 0.5) is 0 Å². The summed E-state index contributed by atoms with van der Waals surface area (Å²) >= 11 is 0. The van der Waals surface area contributed by atoms with Gasteiger partial charge in [0.25, 0.3) is 0 Å². The molecule has 0 bridgehead atoms. The first kappa shape index (κ1) is 17.0. The van der Waals surface area contributed by atoms with Crippen LogP contribution in [0.5, 0.6) is 0 Å². The van der Waals surface area contributed by atoms with Crippen LogP contribution < -0.4 is 5.73 Å². The van der Waals surface area contributed by atoms with Crippen molar-refractivity contribution in [3.8, 4) is 0 Å². The van der Waals surface area contributed by atoms with Crippen molar-refractivity contribution in [1.29, 1.82) is 0 Å². The molecule has 2 aliphatic rings. The largest absolute Gasteiger partial charge is 0.396 e. The lowest BCUT2D eigenvalue weighted by atomic mass is 10.0. The molecule has 122 valence electrons. The number of carbonyl (C=O) groups is 1. The number of nitrogens with two attached hydrogens (primary N) is 1. The molecular weight excluding hydrogens is 276 g/mol. The van der Waals surface area contributed by atoms with E-state index in [-0.39, 0.29) is 5.91 Å². The minimum atomic E-state index is -0.375. The van der Waals surface area contributed by atoms with Gasteiger partial charge < -0.3 is 15.7 Å². The predicted molar refractivity (Wildman–Crippen MR) is 88.7 cm³/mol. The molecular formula is C18H28N2O2. The minimum absolute atomic E-state index is 0.353. The summed E-state index contributed by atoms with van der Waals surface area (Å²) in [6.45, 7) is 6.05. The van der Waals surface area contributed by atoms with Gasteiger partial charge in [0.05, 0.1) is 0 Å². The lowest BCUT2D eigenvalue weighted by Crippen LogP contribution is -2.23. The van der Waals surface area contributed by atoms with Crippen LogP contribution in [-0.2, 0) is 0 Å². The average molecular weight is 304 g/mol. The number of fused-ring (bicyclic) bond motifs is 1. The average Bonchev–Trinajstić information content (AvgIpc) is 3.07. The summed E-state index contributed by atoms with van der Waals surface area (Å²) in [5.74, 6) is 1.63. The molecule has 3 rings (SSSR count). The number of likely N-dealkylation sites (tertiary alicyclic amines) is 1. The Morgan fingerprint density at radius 2 is 1.82 bits per heavy atom. The predicted octanol–water partition coefficient (Wildman–Crippen LogP) is 2.19. The molecule has 1 aromatic carbocycles.